The Morgan fingerprint density at radius 2 is 1.81 bits per heavy atom. The van der Waals surface area contributed by atoms with E-state index in [0.717, 1.165) is 31.4 Å². The average Bonchev–Trinajstić information content (AvgIpc) is 2.37. The number of carboxylic acids is 1. The molecule has 1 aromatic carbocycles. The predicted octanol–water partition coefficient (Wildman–Crippen LogP) is 4.17. The van der Waals surface area contributed by atoms with Crippen LogP contribution < -0.4 is 4.90 Å². The van der Waals surface area contributed by atoms with Crippen LogP contribution in [0.5, 0.6) is 0 Å². The van der Waals surface area contributed by atoms with Crippen LogP contribution in [0, 0.1) is 0 Å². The molecule has 2 atom stereocenters. The van der Waals surface area contributed by atoms with Crippen LogP contribution in [-0.4, -0.2) is 23.2 Å². The van der Waals surface area contributed by atoms with Gasteiger partial charge >= 0.3 is 12.1 Å². The molecule has 0 saturated carbocycles. The summed E-state index contributed by atoms with van der Waals surface area (Å²) in [6.45, 7) is 3.94. The lowest BCUT2D eigenvalue weighted by atomic mass is 9.95. The summed E-state index contributed by atoms with van der Waals surface area (Å²) in [4.78, 5) is 13.3. The number of nitrogens with zero attached hydrogens (tertiary/aromatic N) is 1. The van der Waals surface area contributed by atoms with Crippen molar-refractivity contribution in [3.05, 3.63) is 29.3 Å². The first kappa shape index (κ1) is 15.7. The second kappa shape index (κ2) is 5.58. The normalized spacial score (nSPS) is 23.2. The van der Waals surface area contributed by atoms with Gasteiger partial charge in [0, 0.05) is 12.1 Å². The molecular weight excluding hydrogens is 283 g/mol. The molecule has 1 aliphatic rings. The molecule has 1 heterocycles. The van der Waals surface area contributed by atoms with Crippen LogP contribution in [0.4, 0.5) is 18.9 Å². The fraction of sp³-hybridized carbons (Fsp3) is 0.533. The number of aromatic carboxylic acids is 1. The molecule has 1 N–H and O–H groups in total. The van der Waals surface area contributed by atoms with E-state index in [1.54, 1.807) is 0 Å². The van der Waals surface area contributed by atoms with Gasteiger partial charge < -0.3 is 10.0 Å². The van der Waals surface area contributed by atoms with Gasteiger partial charge in [0.2, 0.25) is 0 Å². The number of benzene rings is 1. The molecule has 0 aliphatic carbocycles. The Labute approximate surface area is 121 Å². The number of alkyl halides is 3. The summed E-state index contributed by atoms with van der Waals surface area (Å²) in [5.74, 6) is -1.33. The molecule has 2 unspecified atom stereocenters. The van der Waals surface area contributed by atoms with Crippen molar-refractivity contribution in [2.45, 2.75) is 51.4 Å². The van der Waals surface area contributed by atoms with Crippen molar-refractivity contribution >= 4 is 11.7 Å². The summed E-state index contributed by atoms with van der Waals surface area (Å²) in [5, 5.41) is 9.26. The largest absolute Gasteiger partial charge is 0.478 e. The highest BCUT2D eigenvalue weighted by Crippen LogP contribution is 2.36. The van der Waals surface area contributed by atoms with E-state index >= 15 is 0 Å². The zero-order chi connectivity index (χ0) is 15.8. The van der Waals surface area contributed by atoms with Crippen LogP contribution in [0.1, 0.15) is 49.0 Å². The van der Waals surface area contributed by atoms with Crippen LogP contribution in [-0.2, 0) is 6.18 Å². The molecule has 3 nitrogen and oxygen atoms in total. The van der Waals surface area contributed by atoms with Crippen molar-refractivity contribution < 1.29 is 23.1 Å². The Morgan fingerprint density at radius 3 is 2.29 bits per heavy atom. The van der Waals surface area contributed by atoms with E-state index in [2.05, 4.69) is 0 Å². The van der Waals surface area contributed by atoms with Crippen molar-refractivity contribution in [3.8, 4) is 0 Å². The summed E-state index contributed by atoms with van der Waals surface area (Å²) in [6, 6.07) is 3.19. The van der Waals surface area contributed by atoms with E-state index in [1.807, 2.05) is 18.7 Å². The SMILES string of the molecule is CC1CCCC(C)N1c1ccc(C(F)(F)F)cc1C(=O)O. The van der Waals surface area contributed by atoms with Gasteiger partial charge in [-0.15, -0.1) is 0 Å². The van der Waals surface area contributed by atoms with Crippen LogP contribution in [0.2, 0.25) is 0 Å². The highest BCUT2D eigenvalue weighted by atomic mass is 19.4. The Kier molecular flexibility index (Phi) is 4.16. The number of rotatable bonds is 2. The number of carboxylic acid groups (broad SMARTS) is 1. The molecule has 0 bridgehead atoms. The highest BCUT2D eigenvalue weighted by molar-refractivity contribution is 5.95. The van der Waals surface area contributed by atoms with Gasteiger partial charge in [0.05, 0.1) is 16.8 Å². The van der Waals surface area contributed by atoms with Crippen LogP contribution >= 0.6 is 0 Å². The minimum absolute atomic E-state index is 0.114. The first-order chi connectivity index (χ1) is 9.71. The van der Waals surface area contributed by atoms with Crippen molar-refractivity contribution in [3.63, 3.8) is 0 Å². The number of piperidine rings is 1. The van der Waals surface area contributed by atoms with Crippen molar-refractivity contribution in [1.82, 2.24) is 0 Å². The Balaban J connectivity index is 2.50. The Morgan fingerprint density at radius 1 is 1.24 bits per heavy atom. The summed E-state index contributed by atoms with van der Waals surface area (Å²) < 4.78 is 38.3. The lowest BCUT2D eigenvalue weighted by Crippen LogP contribution is -2.44. The summed E-state index contributed by atoms with van der Waals surface area (Å²) in [6.07, 6.45) is -1.68. The maximum absolute atomic E-state index is 12.8. The number of anilines is 1. The van der Waals surface area contributed by atoms with Gasteiger partial charge in [-0.05, 0) is 51.3 Å². The zero-order valence-corrected chi connectivity index (χ0v) is 11.9. The van der Waals surface area contributed by atoms with Gasteiger partial charge in [-0.1, -0.05) is 0 Å². The third-order valence-electron chi connectivity index (χ3n) is 4.03. The Hall–Kier alpha value is -1.72. The molecule has 1 fully saturated rings. The molecule has 2 rings (SSSR count). The van der Waals surface area contributed by atoms with Gasteiger partial charge in [0.15, 0.2) is 0 Å². The maximum atomic E-state index is 12.8. The van der Waals surface area contributed by atoms with Gasteiger partial charge in [-0.25, -0.2) is 4.79 Å². The molecule has 0 amide bonds. The Bertz CT molecular complexity index is 532. The van der Waals surface area contributed by atoms with Crippen molar-refractivity contribution in [1.29, 1.82) is 0 Å². The molecule has 1 saturated heterocycles. The van der Waals surface area contributed by atoms with E-state index in [4.69, 9.17) is 0 Å². The van der Waals surface area contributed by atoms with Crippen molar-refractivity contribution in [2.75, 3.05) is 4.90 Å². The smallest absolute Gasteiger partial charge is 0.416 e. The fourth-order valence-corrected chi connectivity index (χ4v) is 3.00. The summed E-state index contributed by atoms with van der Waals surface area (Å²) in [5.41, 5.74) is -0.846. The van der Waals surface area contributed by atoms with E-state index in [1.165, 1.54) is 6.07 Å². The standard InChI is InChI=1S/C15H18F3NO2/c1-9-4-3-5-10(2)19(9)13-7-6-11(15(16,17)18)8-12(13)14(20)21/h6-10H,3-5H2,1-2H3,(H,20,21). The number of halogens is 3. The van der Waals surface area contributed by atoms with Gasteiger partial charge in [-0.3, -0.25) is 0 Å². The molecule has 1 aromatic rings. The maximum Gasteiger partial charge on any atom is 0.416 e. The molecule has 0 spiro atoms. The van der Waals surface area contributed by atoms with E-state index in [9.17, 15) is 23.1 Å². The second-order valence-electron chi connectivity index (χ2n) is 5.57. The third-order valence-corrected chi connectivity index (χ3v) is 4.03. The molecule has 6 heteroatoms. The predicted molar refractivity (Wildman–Crippen MR) is 73.7 cm³/mol. The zero-order valence-electron chi connectivity index (χ0n) is 11.9. The van der Waals surface area contributed by atoms with E-state index < -0.39 is 17.7 Å². The first-order valence-electron chi connectivity index (χ1n) is 6.94. The molecule has 21 heavy (non-hydrogen) atoms. The van der Waals surface area contributed by atoms with Crippen LogP contribution in [0.3, 0.4) is 0 Å². The van der Waals surface area contributed by atoms with Crippen LogP contribution in [0.25, 0.3) is 0 Å². The molecule has 116 valence electrons. The fourth-order valence-electron chi connectivity index (χ4n) is 3.00. The molecule has 0 aromatic heterocycles. The molecule has 1 aliphatic heterocycles. The topological polar surface area (TPSA) is 40.5 Å². The minimum Gasteiger partial charge on any atom is -0.478 e. The van der Waals surface area contributed by atoms with Crippen LogP contribution in [0.15, 0.2) is 18.2 Å². The minimum atomic E-state index is -4.54. The van der Waals surface area contributed by atoms with Gasteiger partial charge in [0.1, 0.15) is 0 Å². The highest BCUT2D eigenvalue weighted by Gasteiger charge is 2.34. The average molecular weight is 301 g/mol. The summed E-state index contributed by atoms with van der Waals surface area (Å²) >= 11 is 0. The third kappa shape index (κ3) is 3.14. The monoisotopic (exact) mass is 301 g/mol. The van der Waals surface area contributed by atoms with Gasteiger partial charge in [0.25, 0.3) is 0 Å². The first-order valence-corrected chi connectivity index (χ1v) is 6.94. The quantitative estimate of drug-likeness (QED) is 0.891. The van der Waals surface area contributed by atoms with Crippen molar-refractivity contribution in [2.24, 2.45) is 0 Å². The number of hydrogen-bond donors (Lipinski definition) is 1. The summed E-state index contributed by atoms with van der Waals surface area (Å²) in [7, 11) is 0. The number of hydrogen-bond acceptors (Lipinski definition) is 2. The lowest BCUT2D eigenvalue weighted by Gasteiger charge is -2.41. The second-order valence-corrected chi connectivity index (χ2v) is 5.57. The van der Waals surface area contributed by atoms with Gasteiger partial charge in [-0.2, -0.15) is 13.2 Å². The van der Waals surface area contributed by atoms with E-state index in [-0.39, 0.29) is 17.6 Å². The molecule has 0 radical (unpaired) electrons. The lowest BCUT2D eigenvalue weighted by molar-refractivity contribution is -0.137. The molecular formula is C15H18F3NO2. The number of carbonyl (C=O) groups is 1. The van der Waals surface area contributed by atoms with E-state index in [0.29, 0.717) is 5.69 Å².